The molecule has 0 heterocycles. The van der Waals surface area contributed by atoms with E-state index in [1.165, 1.54) is 0 Å². The van der Waals surface area contributed by atoms with Crippen molar-refractivity contribution < 1.29 is 14.7 Å². The van der Waals surface area contributed by atoms with Crippen molar-refractivity contribution in [3.63, 3.8) is 0 Å². The van der Waals surface area contributed by atoms with Gasteiger partial charge >= 0.3 is 0 Å². The molecule has 5 heteroatoms. The second kappa shape index (κ2) is 7.79. The summed E-state index contributed by atoms with van der Waals surface area (Å²) < 4.78 is 0. The predicted molar refractivity (Wildman–Crippen MR) is 95.5 cm³/mol. The monoisotopic (exact) mass is 334 g/mol. The Morgan fingerprint density at radius 2 is 1.54 bits per heavy atom. The fourth-order valence-electron chi connectivity index (χ4n) is 1.82. The van der Waals surface area contributed by atoms with Crippen molar-refractivity contribution in [1.82, 2.24) is 10.6 Å². The first-order valence-electron chi connectivity index (χ1n) is 8.25. The Kier molecular flexibility index (Phi) is 6.55. The predicted octanol–water partition coefficient (Wildman–Crippen LogP) is 2.49. The van der Waals surface area contributed by atoms with Crippen molar-refractivity contribution in [3.05, 3.63) is 35.4 Å². The van der Waals surface area contributed by atoms with Crippen LogP contribution in [0.1, 0.15) is 57.5 Å². The van der Waals surface area contributed by atoms with Gasteiger partial charge in [0.15, 0.2) is 0 Å². The molecule has 1 unspecified atom stereocenters. The molecule has 5 nitrogen and oxygen atoms in total. The van der Waals surface area contributed by atoms with Crippen LogP contribution < -0.4 is 10.6 Å². The SMILES string of the molecule is CC(C)(C)C(=O)NCc1ccc(C(=O)NCC(O)C(C)(C)C)cc1. The lowest BCUT2D eigenvalue weighted by Crippen LogP contribution is -2.39. The number of hydrogen-bond donors (Lipinski definition) is 3. The quantitative estimate of drug-likeness (QED) is 0.774. The van der Waals surface area contributed by atoms with Crippen molar-refractivity contribution in [2.24, 2.45) is 10.8 Å². The molecule has 1 rings (SSSR count). The molecule has 24 heavy (non-hydrogen) atoms. The lowest BCUT2D eigenvalue weighted by atomic mass is 9.89. The molecule has 2 amide bonds. The first-order chi connectivity index (χ1) is 10.9. The van der Waals surface area contributed by atoms with Crippen molar-refractivity contribution in [2.45, 2.75) is 54.2 Å². The fourth-order valence-corrected chi connectivity index (χ4v) is 1.82. The third-order valence-electron chi connectivity index (χ3n) is 3.81. The average Bonchev–Trinajstić information content (AvgIpc) is 2.48. The highest BCUT2D eigenvalue weighted by Crippen LogP contribution is 2.18. The van der Waals surface area contributed by atoms with Crippen LogP contribution in [0.5, 0.6) is 0 Å². The van der Waals surface area contributed by atoms with E-state index in [0.717, 1.165) is 5.56 Å². The van der Waals surface area contributed by atoms with E-state index in [0.29, 0.717) is 12.1 Å². The maximum Gasteiger partial charge on any atom is 0.251 e. The van der Waals surface area contributed by atoms with Crippen LogP contribution >= 0.6 is 0 Å². The number of nitrogens with one attached hydrogen (secondary N) is 2. The van der Waals surface area contributed by atoms with Crippen molar-refractivity contribution in [1.29, 1.82) is 0 Å². The molecule has 0 aliphatic carbocycles. The topological polar surface area (TPSA) is 78.4 Å². The number of amides is 2. The number of aliphatic hydroxyl groups excluding tert-OH is 1. The Balaban J connectivity index is 2.55. The number of hydrogen-bond acceptors (Lipinski definition) is 3. The number of benzene rings is 1. The first-order valence-corrected chi connectivity index (χ1v) is 8.25. The van der Waals surface area contributed by atoms with E-state index in [-0.39, 0.29) is 23.8 Å². The molecular weight excluding hydrogens is 304 g/mol. The minimum absolute atomic E-state index is 0.0134. The number of aliphatic hydroxyl groups is 1. The molecule has 0 saturated heterocycles. The van der Waals surface area contributed by atoms with Gasteiger partial charge in [0, 0.05) is 24.1 Å². The van der Waals surface area contributed by atoms with Gasteiger partial charge in [0.25, 0.3) is 5.91 Å². The fraction of sp³-hybridized carbons (Fsp3) is 0.579. The average molecular weight is 334 g/mol. The highest BCUT2D eigenvalue weighted by molar-refractivity contribution is 5.94. The van der Waals surface area contributed by atoms with Gasteiger partial charge in [-0.25, -0.2) is 0 Å². The Bertz CT molecular complexity index is 566. The molecule has 0 bridgehead atoms. The Labute approximate surface area is 144 Å². The van der Waals surface area contributed by atoms with E-state index < -0.39 is 11.5 Å². The van der Waals surface area contributed by atoms with E-state index in [1.54, 1.807) is 12.1 Å². The van der Waals surface area contributed by atoms with Gasteiger partial charge in [0.2, 0.25) is 5.91 Å². The molecule has 0 saturated carbocycles. The highest BCUT2D eigenvalue weighted by Gasteiger charge is 2.23. The maximum absolute atomic E-state index is 12.1. The summed E-state index contributed by atoms with van der Waals surface area (Å²) in [6, 6.07) is 7.07. The lowest BCUT2D eigenvalue weighted by molar-refractivity contribution is -0.128. The minimum atomic E-state index is -0.603. The van der Waals surface area contributed by atoms with E-state index in [9.17, 15) is 14.7 Å². The van der Waals surface area contributed by atoms with Gasteiger partial charge in [-0.1, -0.05) is 53.7 Å². The second-order valence-electron chi connectivity index (χ2n) is 8.22. The third kappa shape index (κ3) is 6.32. The summed E-state index contributed by atoms with van der Waals surface area (Å²) in [6.07, 6.45) is -0.603. The van der Waals surface area contributed by atoms with Gasteiger partial charge in [-0.15, -0.1) is 0 Å². The first kappa shape index (κ1) is 20.2. The molecule has 0 aromatic heterocycles. The molecule has 0 radical (unpaired) electrons. The van der Waals surface area contributed by atoms with Crippen molar-refractivity contribution in [2.75, 3.05) is 6.54 Å². The molecule has 0 spiro atoms. The summed E-state index contributed by atoms with van der Waals surface area (Å²) in [5.74, 6) is -0.232. The van der Waals surface area contributed by atoms with Crippen LogP contribution in [0.3, 0.4) is 0 Å². The smallest absolute Gasteiger partial charge is 0.251 e. The van der Waals surface area contributed by atoms with Crippen molar-refractivity contribution >= 4 is 11.8 Å². The Morgan fingerprint density at radius 1 is 1.00 bits per heavy atom. The number of rotatable bonds is 5. The summed E-state index contributed by atoms with van der Waals surface area (Å²) in [5.41, 5.74) is 0.761. The number of carbonyl (C=O) groups is 2. The standard InChI is InChI=1S/C19H30N2O3/c1-18(2,3)15(22)12-20-16(23)14-9-7-13(8-10-14)11-21-17(24)19(4,5)6/h7-10,15,22H,11-12H2,1-6H3,(H,20,23)(H,21,24). The van der Waals surface area contributed by atoms with E-state index in [4.69, 9.17) is 0 Å². The molecule has 134 valence electrons. The van der Waals surface area contributed by atoms with Crippen LogP contribution in [-0.2, 0) is 11.3 Å². The minimum Gasteiger partial charge on any atom is -0.391 e. The van der Waals surface area contributed by atoms with Crippen LogP contribution in [0, 0.1) is 10.8 Å². The summed E-state index contributed by atoms with van der Waals surface area (Å²) in [4.78, 5) is 23.9. The van der Waals surface area contributed by atoms with Gasteiger partial charge in [0.05, 0.1) is 6.10 Å². The summed E-state index contributed by atoms with van der Waals surface area (Å²) in [6.45, 7) is 12.0. The third-order valence-corrected chi connectivity index (χ3v) is 3.81. The largest absolute Gasteiger partial charge is 0.391 e. The van der Waals surface area contributed by atoms with Gasteiger partial charge in [-0.2, -0.15) is 0 Å². The normalized spacial score (nSPS) is 13.3. The Morgan fingerprint density at radius 3 is 2.00 bits per heavy atom. The van der Waals surface area contributed by atoms with Crippen LogP contribution in [0.25, 0.3) is 0 Å². The molecule has 1 atom stereocenters. The number of carbonyl (C=O) groups excluding carboxylic acids is 2. The molecule has 0 aliphatic rings. The van der Waals surface area contributed by atoms with Crippen LogP contribution in [0.4, 0.5) is 0 Å². The maximum atomic E-state index is 12.1. The van der Waals surface area contributed by atoms with Crippen LogP contribution in [-0.4, -0.2) is 29.6 Å². The summed E-state index contributed by atoms with van der Waals surface area (Å²) >= 11 is 0. The summed E-state index contributed by atoms with van der Waals surface area (Å²) in [5, 5.41) is 15.6. The molecule has 1 aromatic carbocycles. The van der Waals surface area contributed by atoms with Gasteiger partial charge in [0.1, 0.15) is 0 Å². The molecule has 3 N–H and O–H groups in total. The van der Waals surface area contributed by atoms with E-state index >= 15 is 0 Å². The zero-order chi connectivity index (χ0) is 18.5. The zero-order valence-electron chi connectivity index (χ0n) is 15.6. The zero-order valence-corrected chi connectivity index (χ0v) is 15.6. The van der Waals surface area contributed by atoms with Crippen LogP contribution in [0.15, 0.2) is 24.3 Å². The highest BCUT2D eigenvalue weighted by atomic mass is 16.3. The molecule has 0 fully saturated rings. The molecule has 0 aliphatic heterocycles. The van der Waals surface area contributed by atoms with Crippen LogP contribution in [0.2, 0.25) is 0 Å². The van der Waals surface area contributed by atoms with Gasteiger partial charge in [-0.3, -0.25) is 9.59 Å². The second-order valence-corrected chi connectivity index (χ2v) is 8.22. The van der Waals surface area contributed by atoms with Crippen molar-refractivity contribution in [3.8, 4) is 0 Å². The van der Waals surface area contributed by atoms with E-state index in [1.807, 2.05) is 53.7 Å². The molecular formula is C19H30N2O3. The van der Waals surface area contributed by atoms with Gasteiger partial charge < -0.3 is 15.7 Å². The lowest BCUT2D eigenvalue weighted by Gasteiger charge is -2.25. The van der Waals surface area contributed by atoms with E-state index in [2.05, 4.69) is 10.6 Å². The summed E-state index contributed by atoms with van der Waals surface area (Å²) in [7, 11) is 0. The Hall–Kier alpha value is -1.88. The van der Waals surface area contributed by atoms with Gasteiger partial charge in [-0.05, 0) is 23.1 Å². The molecule has 1 aromatic rings.